The fourth-order valence-corrected chi connectivity index (χ4v) is 3.67. The van der Waals surface area contributed by atoms with E-state index in [0.717, 1.165) is 6.07 Å². The van der Waals surface area contributed by atoms with Gasteiger partial charge in [-0.2, -0.15) is 9.97 Å². The first-order valence-electron chi connectivity index (χ1n) is 10.2. The number of fused-ring (bicyclic) bond motifs is 2. The summed E-state index contributed by atoms with van der Waals surface area (Å²) in [6.07, 6.45) is 5.54. The van der Waals surface area contributed by atoms with Gasteiger partial charge in [-0.05, 0) is 30.5 Å². The van der Waals surface area contributed by atoms with E-state index in [1.807, 2.05) is 0 Å². The molecule has 0 radical (unpaired) electrons. The first-order chi connectivity index (χ1) is 16.7. The molecule has 0 saturated heterocycles. The number of halogens is 2. The van der Waals surface area contributed by atoms with Crippen LogP contribution in [0.25, 0.3) is 32.9 Å². The molecule has 1 amide bonds. The van der Waals surface area contributed by atoms with Crippen molar-refractivity contribution in [3.8, 4) is 41.2 Å². The number of aromatic hydroxyl groups is 1. The van der Waals surface area contributed by atoms with E-state index < -0.39 is 23.6 Å². The number of ether oxygens (including phenoxy) is 2. The number of rotatable bonds is 6. The lowest BCUT2D eigenvalue weighted by molar-refractivity contribution is -0.118. The van der Waals surface area contributed by atoms with Gasteiger partial charge in [0.2, 0.25) is 11.8 Å². The van der Waals surface area contributed by atoms with Crippen LogP contribution in [-0.2, 0) is 4.79 Å². The highest BCUT2D eigenvalue weighted by molar-refractivity contribution is 6.04. The minimum Gasteiger partial charge on any atom is -0.508 e. The summed E-state index contributed by atoms with van der Waals surface area (Å²) in [5.41, 5.74) is 4.64. The van der Waals surface area contributed by atoms with Gasteiger partial charge < -0.3 is 25.6 Å². The number of terminal acetylenes is 1. The van der Waals surface area contributed by atoms with Crippen LogP contribution in [0, 0.1) is 24.0 Å². The topological polar surface area (TPSA) is 132 Å². The fourth-order valence-electron chi connectivity index (χ4n) is 3.67. The lowest BCUT2D eigenvalue weighted by Gasteiger charge is -2.17. The number of anilines is 1. The van der Waals surface area contributed by atoms with E-state index in [0.29, 0.717) is 5.39 Å². The van der Waals surface area contributed by atoms with Crippen molar-refractivity contribution in [2.24, 2.45) is 5.73 Å². The summed E-state index contributed by atoms with van der Waals surface area (Å²) in [7, 11) is 2.58. The summed E-state index contributed by atoms with van der Waals surface area (Å²) in [5, 5.41) is 13.6. The number of hydrogen-bond acceptors (Lipinski definition) is 8. The number of amides is 1. The zero-order valence-electron chi connectivity index (χ0n) is 18.8. The summed E-state index contributed by atoms with van der Waals surface area (Å²) in [5.74, 6) is -0.406. The molecule has 0 saturated carbocycles. The van der Waals surface area contributed by atoms with Gasteiger partial charge in [-0.1, -0.05) is 12.0 Å². The molecule has 0 aliphatic rings. The number of aromatic nitrogens is 3. The number of nitrogens with one attached hydrogen (secondary N) is 1. The Morgan fingerprint density at radius 1 is 1.17 bits per heavy atom. The number of hydrogen-bond donors (Lipinski definition) is 3. The van der Waals surface area contributed by atoms with E-state index in [1.165, 1.54) is 39.3 Å². The molecule has 0 aliphatic heterocycles. The predicted octanol–water partition coefficient (Wildman–Crippen LogP) is 3.11. The van der Waals surface area contributed by atoms with Crippen LogP contribution in [0.15, 0.2) is 24.3 Å². The Balaban J connectivity index is 2.13. The van der Waals surface area contributed by atoms with Crippen molar-refractivity contribution in [3.05, 3.63) is 41.5 Å². The monoisotopic (exact) mass is 479 g/mol. The molecule has 35 heavy (non-hydrogen) atoms. The fraction of sp³-hybridized carbons (Fsp3) is 0.167. The number of pyridine rings is 1. The average molecular weight is 479 g/mol. The molecule has 1 unspecified atom stereocenters. The molecule has 2 aromatic heterocycles. The summed E-state index contributed by atoms with van der Waals surface area (Å²) < 4.78 is 41.1. The molecule has 0 spiro atoms. The Morgan fingerprint density at radius 2 is 1.91 bits per heavy atom. The quantitative estimate of drug-likeness (QED) is 0.360. The number of carbonyl (C=O) groups is 1. The number of primary amides is 1. The van der Waals surface area contributed by atoms with Crippen LogP contribution in [-0.4, -0.2) is 46.2 Å². The van der Waals surface area contributed by atoms with Gasteiger partial charge in [0, 0.05) is 10.9 Å². The van der Waals surface area contributed by atoms with Crippen molar-refractivity contribution in [2.75, 3.05) is 19.5 Å². The summed E-state index contributed by atoms with van der Waals surface area (Å²) in [6, 6.07) is 4.04. The van der Waals surface area contributed by atoms with E-state index in [1.54, 1.807) is 0 Å². The Labute approximate surface area is 197 Å². The van der Waals surface area contributed by atoms with Gasteiger partial charge in [0.05, 0.1) is 19.8 Å². The Kier molecular flexibility index (Phi) is 5.96. The molecule has 11 heteroatoms. The lowest BCUT2D eigenvalue weighted by Crippen LogP contribution is -2.33. The first-order valence-corrected chi connectivity index (χ1v) is 10.2. The smallest absolute Gasteiger partial charge is 0.318 e. The van der Waals surface area contributed by atoms with Crippen molar-refractivity contribution in [2.45, 2.75) is 13.0 Å². The van der Waals surface area contributed by atoms with Gasteiger partial charge in [-0.25, -0.2) is 13.8 Å². The standard InChI is InChI=1S/C24H19F2N5O4/c1-5-13-15(25)7-6-11-8-12(32)9-14(16(11)13)19-18(26)20-17(23(29-19)34-3)22(28-10(2)21(27)33)31-24(30-20)35-4/h1,6-10,32H,2-4H3,(H2,27,33)(H,28,30,31). The van der Waals surface area contributed by atoms with Crippen LogP contribution in [0.2, 0.25) is 0 Å². The lowest BCUT2D eigenvalue weighted by atomic mass is 9.95. The van der Waals surface area contributed by atoms with Crippen molar-refractivity contribution in [1.29, 1.82) is 0 Å². The SMILES string of the molecule is C#Cc1c(F)ccc2cc(O)cc(-c3nc(OC)c4c(NC(C)C(N)=O)nc(OC)nc4c3F)c12. The van der Waals surface area contributed by atoms with Gasteiger partial charge in [-0.15, -0.1) is 6.42 Å². The van der Waals surface area contributed by atoms with E-state index in [4.69, 9.17) is 21.6 Å². The summed E-state index contributed by atoms with van der Waals surface area (Å²) in [4.78, 5) is 24.1. The third-order valence-electron chi connectivity index (χ3n) is 5.34. The Morgan fingerprint density at radius 3 is 2.54 bits per heavy atom. The number of phenolic OH excluding ortho intramolecular Hbond substituents is 1. The maximum absolute atomic E-state index is 16.0. The van der Waals surface area contributed by atoms with Crippen LogP contribution in [0.4, 0.5) is 14.6 Å². The second kappa shape index (κ2) is 8.90. The van der Waals surface area contributed by atoms with Crippen LogP contribution >= 0.6 is 0 Å². The number of benzene rings is 2. The predicted molar refractivity (Wildman–Crippen MR) is 125 cm³/mol. The third kappa shape index (κ3) is 3.95. The molecule has 178 valence electrons. The maximum Gasteiger partial charge on any atom is 0.318 e. The molecule has 0 bridgehead atoms. The van der Waals surface area contributed by atoms with E-state index >= 15 is 4.39 Å². The van der Waals surface area contributed by atoms with Crippen molar-refractivity contribution < 1.29 is 28.2 Å². The molecule has 4 aromatic rings. The molecular weight excluding hydrogens is 460 g/mol. The van der Waals surface area contributed by atoms with Gasteiger partial charge >= 0.3 is 6.01 Å². The highest BCUT2D eigenvalue weighted by atomic mass is 19.1. The largest absolute Gasteiger partial charge is 0.508 e. The normalized spacial score (nSPS) is 11.8. The van der Waals surface area contributed by atoms with Gasteiger partial charge in [0.1, 0.15) is 40.0 Å². The van der Waals surface area contributed by atoms with Crippen LogP contribution < -0.4 is 20.5 Å². The minimum absolute atomic E-state index is 0.00969. The van der Waals surface area contributed by atoms with Gasteiger partial charge in [0.15, 0.2) is 5.82 Å². The highest BCUT2D eigenvalue weighted by Crippen LogP contribution is 2.41. The minimum atomic E-state index is -0.949. The number of nitrogens with zero attached hydrogens (tertiary/aromatic N) is 3. The van der Waals surface area contributed by atoms with Crippen LogP contribution in [0.3, 0.4) is 0 Å². The molecule has 1 atom stereocenters. The number of carbonyl (C=O) groups excluding carboxylic acids is 1. The number of methoxy groups -OCH3 is 2. The van der Waals surface area contributed by atoms with Crippen molar-refractivity contribution in [1.82, 2.24) is 15.0 Å². The molecule has 0 fully saturated rings. The zero-order valence-corrected chi connectivity index (χ0v) is 18.8. The second-order valence-corrected chi connectivity index (χ2v) is 7.49. The third-order valence-corrected chi connectivity index (χ3v) is 5.34. The van der Waals surface area contributed by atoms with Crippen molar-refractivity contribution in [3.63, 3.8) is 0 Å². The Hall–Kier alpha value is -4.72. The van der Waals surface area contributed by atoms with E-state index in [2.05, 4.69) is 26.2 Å². The molecule has 2 aromatic carbocycles. The molecule has 4 rings (SSSR count). The van der Waals surface area contributed by atoms with Gasteiger partial charge in [0.25, 0.3) is 0 Å². The molecule has 2 heterocycles. The Bertz CT molecular complexity index is 1550. The number of nitrogens with two attached hydrogens (primary N) is 1. The van der Waals surface area contributed by atoms with E-state index in [-0.39, 0.29) is 56.6 Å². The van der Waals surface area contributed by atoms with Crippen LogP contribution in [0.5, 0.6) is 17.6 Å². The van der Waals surface area contributed by atoms with Gasteiger partial charge in [-0.3, -0.25) is 4.79 Å². The summed E-state index contributed by atoms with van der Waals surface area (Å²) in [6.45, 7) is 1.49. The maximum atomic E-state index is 16.0. The van der Waals surface area contributed by atoms with Crippen molar-refractivity contribution >= 4 is 33.4 Å². The molecular formula is C24H19F2N5O4. The summed E-state index contributed by atoms with van der Waals surface area (Å²) >= 11 is 0. The van der Waals surface area contributed by atoms with Crippen LogP contribution in [0.1, 0.15) is 12.5 Å². The van der Waals surface area contributed by atoms with E-state index in [9.17, 15) is 14.3 Å². The first kappa shape index (κ1) is 23.4. The average Bonchev–Trinajstić information content (AvgIpc) is 2.84. The number of phenols is 1. The highest BCUT2D eigenvalue weighted by Gasteiger charge is 2.26. The molecule has 0 aliphatic carbocycles. The second-order valence-electron chi connectivity index (χ2n) is 7.49. The zero-order chi connectivity index (χ0) is 25.4. The molecule has 9 nitrogen and oxygen atoms in total. The molecule has 4 N–H and O–H groups in total.